The minimum atomic E-state index is -1.09. The molecule has 5 nitrogen and oxygen atoms in total. The van der Waals surface area contributed by atoms with Crippen LogP contribution < -0.4 is 5.73 Å². The second-order valence-corrected chi connectivity index (χ2v) is 9.25. The van der Waals surface area contributed by atoms with Crippen LogP contribution in [0.25, 0.3) is 11.1 Å². The number of fused-ring (bicyclic) bond motifs is 1. The molecule has 2 aliphatic heterocycles. The van der Waals surface area contributed by atoms with Crippen LogP contribution in [0.4, 0.5) is 0 Å². The van der Waals surface area contributed by atoms with E-state index >= 15 is 0 Å². The second kappa shape index (κ2) is 7.35. The van der Waals surface area contributed by atoms with E-state index in [0.29, 0.717) is 10.7 Å². The average molecular weight is 463 g/mol. The lowest BCUT2D eigenvalue weighted by atomic mass is 10.1. The molecule has 4 rings (SSSR count). The molecule has 0 radical (unpaired) electrons. The third-order valence-corrected chi connectivity index (χ3v) is 7.66. The Labute approximate surface area is 173 Å². The first-order chi connectivity index (χ1) is 13.0. The predicted molar refractivity (Wildman–Crippen MR) is 111 cm³/mol. The van der Waals surface area contributed by atoms with Crippen LogP contribution in [0.3, 0.4) is 0 Å². The van der Waals surface area contributed by atoms with Gasteiger partial charge in [-0.1, -0.05) is 64.1 Å². The normalized spacial score (nSPS) is 21.7. The van der Waals surface area contributed by atoms with Gasteiger partial charge in [-0.2, -0.15) is 0 Å². The average Bonchev–Trinajstić information content (AvgIpc) is 2.67. The van der Waals surface area contributed by atoms with Crippen molar-refractivity contribution in [2.24, 2.45) is 5.73 Å². The summed E-state index contributed by atoms with van der Waals surface area (Å²) >= 11 is 6.49. The number of nitrogens with two attached hydrogens (primary N) is 1. The molecule has 2 aromatic carbocycles. The zero-order chi connectivity index (χ0) is 19.1. The monoisotopic (exact) mass is 462 g/mol. The third-order valence-electron chi connectivity index (χ3n) is 4.44. The zero-order valence-corrected chi connectivity index (χ0v) is 17.2. The van der Waals surface area contributed by atoms with Crippen molar-refractivity contribution in [3.63, 3.8) is 0 Å². The van der Waals surface area contributed by atoms with Crippen molar-refractivity contribution < 1.29 is 14.7 Å². The number of nitrogens with zero attached hydrogens (tertiary/aromatic N) is 1. The number of β-lactam (4-membered cyclic amide) rings is 1. The fourth-order valence-electron chi connectivity index (χ4n) is 3.12. The maximum atomic E-state index is 12.0. The Hall–Kier alpha value is -1.74. The van der Waals surface area contributed by atoms with Gasteiger partial charge in [0, 0.05) is 20.0 Å². The Bertz CT molecular complexity index is 965. The second-order valence-electron chi connectivity index (χ2n) is 6.12. The molecule has 0 bridgehead atoms. The molecule has 8 heteroatoms. The molecule has 3 N–H and O–H groups in total. The van der Waals surface area contributed by atoms with Crippen LogP contribution in [0.5, 0.6) is 0 Å². The number of carboxylic acids is 1. The molecule has 0 saturated carbocycles. The highest BCUT2D eigenvalue weighted by Gasteiger charge is 2.51. The Balaban J connectivity index is 1.64. The van der Waals surface area contributed by atoms with Gasteiger partial charge in [-0.15, -0.1) is 11.8 Å². The molecule has 2 heterocycles. The molecule has 138 valence electrons. The van der Waals surface area contributed by atoms with Crippen LogP contribution in [-0.2, 0) is 9.59 Å². The predicted octanol–water partition coefficient (Wildman–Crippen LogP) is 3.75. The first-order valence-corrected chi connectivity index (χ1v) is 10.8. The fraction of sp³-hybridized carbons (Fsp3) is 0.158. The largest absolute Gasteiger partial charge is 0.477 e. The van der Waals surface area contributed by atoms with E-state index in [1.54, 1.807) is 0 Å². The van der Waals surface area contributed by atoms with Crippen molar-refractivity contribution in [3.8, 4) is 11.1 Å². The topological polar surface area (TPSA) is 83.6 Å². The van der Waals surface area contributed by atoms with Gasteiger partial charge in [0.25, 0.3) is 0 Å². The number of amides is 1. The van der Waals surface area contributed by atoms with Gasteiger partial charge in [-0.05, 0) is 23.3 Å². The Morgan fingerprint density at radius 3 is 2.67 bits per heavy atom. The molecule has 2 aliphatic rings. The molecule has 2 aromatic rings. The molecule has 1 fully saturated rings. The number of carboxylic acid groups (broad SMARTS) is 1. The van der Waals surface area contributed by atoms with Crippen molar-refractivity contribution in [1.82, 2.24) is 4.90 Å². The van der Waals surface area contributed by atoms with Crippen molar-refractivity contribution in [3.05, 3.63) is 63.6 Å². The lowest BCUT2D eigenvalue weighted by molar-refractivity contribution is -0.147. The van der Waals surface area contributed by atoms with Gasteiger partial charge < -0.3 is 10.8 Å². The lowest BCUT2D eigenvalue weighted by Crippen LogP contribution is -2.68. The van der Waals surface area contributed by atoms with Crippen molar-refractivity contribution >= 4 is 51.3 Å². The highest BCUT2D eigenvalue weighted by molar-refractivity contribution is 9.10. The van der Waals surface area contributed by atoms with Gasteiger partial charge in [0.1, 0.15) is 17.1 Å². The first kappa shape index (κ1) is 18.6. The summed E-state index contributed by atoms with van der Waals surface area (Å²) < 4.78 is 0.930. The summed E-state index contributed by atoms with van der Waals surface area (Å²) in [4.78, 5) is 26.7. The van der Waals surface area contributed by atoms with Crippen molar-refractivity contribution in [1.29, 1.82) is 0 Å². The maximum absolute atomic E-state index is 12.0. The summed E-state index contributed by atoms with van der Waals surface area (Å²) in [7, 11) is 0. The van der Waals surface area contributed by atoms with Gasteiger partial charge in [0.05, 0.1) is 0 Å². The van der Waals surface area contributed by atoms with E-state index in [4.69, 9.17) is 5.73 Å². The number of hydrogen-bond donors (Lipinski definition) is 2. The van der Waals surface area contributed by atoms with E-state index in [9.17, 15) is 14.7 Å². The summed E-state index contributed by atoms with van der Waals surface area (Å²) in [5.41, 5.74) is 8.01. The molecule has 0 spiro atoms. The molecular formula is C19H15BrN2O3S2. The summed E-state index contributed by atoms with van der Waals surface area (Å²) in [6.07, 6.45) is 0. The minimum absolute atomic E-state index is 0.0544. The molecule has 0 aromatic heterocycles. The number of hydrogen-bond acceptors (Lipinski definition) is 5. The van der Waals surface area contributed by atoms with Gasteiger partial charge in [0.15, 0.2) is 0 Å². The van der Waals surface area contributed by atoms with E-state index in [2.05, 4.69) is 15.9 Å². The highest BCUT2D eigenvalue weighted by Crippen LogP contribution is 2.45. The molecule has 27 heavy (non-hydrogen) atoms. The van der Waals surface area contributed by atoms with Crippen LogP contribution in [0, 0.1) is 0 Å². The summed E-state index contributed by atoms with van der Waals surface area (Å²) in [6, 6.07) is 15.3. The van der Waals surface area contributed by atoms with E-state index in [0.717, 1.165) is 20.5 Å². The first-order valence-electron chi connectivity index (χ1n) is 8.17. The van der Waals surface area contributed by atoms with Crippen molar-refractivity contribution in [2.45, 2.75) is 16.3 Å². The van der Waals surface area contributed by atoms with Gasteiger partial charge in [-0.3, -0.25) is 9.69 Å². The van der Waals surface area contributed by atoms with Crippen LogP contribution in [0.1, 0.15) is 0 Å². The smallest absolute Gasteiger partial charge is 0.353 e. The molecule has 1 amide bonds. The number of aliphatic carboxylic acids is 1. The zero-order valence-electron chi connectivity index (χ0n) is 14.0. The molecule has 2 atom stereocenters. The molecule has 0 unspecified atom stereocenters. The molecular weight excluding hydrogens is 448 g/mol. The highest BCUT2D eigenvalue weighted by atomic mass is 79.9. The SMILES string of the molecule is N[C@@H]1C(=O)N2C(C(=O)O)=C(Sc3ccc(-c4ccccc4)c(Br)c3)CS[C@H]12. The Kier molecular flexibility index (Phi) is 5.07. The van der Waals surface area contributed by atoms with Crippen LogP contribution in [0.15, 0.2) is 68.5 Å². The number of carbonyl (C=O) groups excluding carboxylic acids is 1. The summed E-state index contributed by atoms with van der Waals surface area (Å²) in [5.74, 6) is -0.904. The third kappa shape index (κ3) is 3.31. The standard InChI is InChI=1S/C19H15BrN2O3S2/c20-13-8-11(6-7-12(13)10-4-2-1-3-5-10)27-14-9-26-18-15(21)17(23)22(18)16(14)19(24)25/h1-8,15,18H,9,21H2,(H,24,25)/t15-,18-/m1/s1. The van der Waals surface area contributed by atoms with E-state index < -0.39 is 12.0 Å². The Morgan fingerprint density at radius 1 is 1.26 bits per heavy atom. The van der Waals surface area contributed by atoms with Crippen LogP contribution in [-0.4, -0.2) is 39.1 Å². The van der Waals surface area contributed by atoms with E-state index in [1.807, 2.05) is 48.5 Å². The number of thioether (sulfide) groups is 2. The summed E-state index contributed by atoms with van der Waals surface area (Å²) in [6.45, 7) is 0. The molecule has 1 saturated heterocycles. The number of benzene rings is 2. The number of halogens is 1. The van der Waals surface area contributed by atoms with Crippen molar-refractivity contribution in [2.75, 3.05) is 5.75 Å². The van der Waals surface area contributed by atoms with Gasteiger partial charge >= 0.3 is 5.97 Å². The summed E-state index contributed by atoms with van der Waals surface area (Å²) in [5, 5.41) is 9.36. The van der Waals surface area contributed by atoms with Crippen LogP contribution in [0.2, 0.25) is 0 Å². The minimum Gasteiger partial charge on any atom is -0.477 e. The van der Waals surface area contributed by atoms with Crippen LogP contribution >= 0.6 is 39.5 Å². The Morgan fingerprint density at radius 2 is 2.00 bits per heavy atom. The number of rotatable bonds is 4. The van der Waals surface area contributed by atoms with Gasteiger partial charge in [0.2, 0.25) is 5.91 Å². The maximum Gasteiger partial charge on any atom is 0.353 e. The fourth-order valence-corrected chi connectivity index (χ4v) is 6.34. The van der Waals surface area contributed by atoms with E-state index in [1.165, 1.54) is 28.4 Å². The van der Waals surface area contributed by atoms with E-state index in [-0.39, 0.29) is 17.0 Å². The number of carbonyl (C=O) groups is 2. The lowest BCUT2D eigenvalue weighted by Gasteiger charge is -2.47. The van der Waals surface area contributed by atoms with Gasteiger partial charge in [-0.25, -0.2) is 4.79 Å². The quantitative estimate of drug-likeness (QED) is 0.673. The molecule has 0 aliphatic carbocycles.